The van der Waals surface area contributed by atoms with E-state index in [0.717, 1.165) is 5.56 Å². The van der Waals surface area contributed by atoms with Gasteiger partial charge in [-0.15, -0.1) is 0 Å². The Bertz CT molecular complexity index is 884. The molecule has 29 heavy (non-hydrogen) atoms. The summed E-state index contributed by atoms with van der Waals surface area (Å²) in [6, 6.07) is 14.5. The number of nitrogens with one attached hydrogen (secondary N) is 2. The fourth-order valence-corrected chi connectivity index (χ4v) is 2.71. The lowest BCUT2D eigenvalue weighted by Gasteiger charge is -2.13. The van der Waals surface area contributed by atoms with Crippen molar-refractivity contribution < 1.29 is 28.6 Å². The van der Waals surface area contributed by atoms with Crippen LogP contribution in [0.5, 0.6) is 11.5 Å². The SMILES string of the molecule is C[C@@H](CNC(=O)COC(=O)CNC(=O)c1ccc2c(c1)OCO2)c1ccccc1. The number of fused-ring (bicyclic) bond motifs is 1. The Morgan fingerprint density at radius 2 is 1.79 bits per heavy atom. The Morgan fingerprint density at radius 3 is 2.59 bits per heavy atom. The van der Waals surface area contributed by atoms with Crippen LogP contribution in [0.15, 0.2) is 48.5 Å². The Hall–Kier alpha value is -3.55. The molecule has 0 aromatic heterocycles. The number of amides is 2. The summed E-state index contributed by atoms with van der Waals surface area (Å²) in [4.78, 5) is 35.7. The highest BCUT2D eigenvalue weighted by Crippen LogP contribution is 2.32. The lowest BCUT2D eigenvalue weighted by molar-refractivity contribution is -0.147. The summed E-state index contributed by atoms with van der Waals surface area (Å²) in [6.45, 7) is 1.79. The third-order valence-corrected chi connectivity index (χ3v) is 4.37. The third kappa shape index (κ3) is 5.71. The van der Waals surface area contributed by atoms with Crippen molar-refractivity contribution in [3.8, 4) is 11.5 Å². The first kappa shape index (κ1) is 20.2. The van der Waals surface area contributed by atoms with Crippen molar-refractivity contribution in [2.75, 3.05) is 26.5 Å². The van der Waals surface area contributed by atoms with Gasteiger partial charge in [0.2, 0.25) is 6.79 Å². The summed E-state index contributed by atoms with van der Waals surface area (Å²) in [5.74, 6) is -0.387. The lowest BCUT2D eigenvalue weighted by atomic mass is 10.0. The number of hydrogen-bond acceptors (Lipinski definition) is 6. The van der Waals surface area contributed by atoms with Gasteiger partial charge in [-0.25, -0.2) is 0 Å². The van der Waals surface area contributed by atoms with Gasteiger partial charge in [-0.05, 0) is 29.7 Å². The van der Waals surface area contributed by atoms with E-state index in [1.54, 1.807) is 12.1 Å². The Balaban J connectivity index is 1.35. The predicted molar refractivity (Wildman–Crippen MR) is 104 cm³/mol. The number of carbonyl (C=O) groups is 3. The third-order valence-electron chi connectivity index (χ3n) is 4.37. The Kier molecular flexibility index (Phi) is 6.67. The monoisotopic (exact) mass is 398 g/mol. The van der Waals surface area contributed by atoms with Gasteiger partial charge >= 0.3 is 5.97 Å². The molecule has 0 aliphatic carbocycles. The number of rotatable bonds is 8. The first-order chi connectivity index (χ1) is 14.0. The van der Waals surface area contributed by atoms with Crippen LogP contribution in [0.1, 0.15) is 28.8 Å². The van der Waals surface area contributed by atoms with Crippen molar-refractivity contribution in [1.82, 2.24) is 10.6 Å². The van der Waals surface area contributed by atoms with Gasteiger partial charge in [0.1, 0.15) is 6.54 Å². The molecule has 3 rings (SSSR count). The summed E-state index contributed by atoms with van der Waals surface area (Å²) in [5, 5.41) is 5.17. The quantitative estimate of drug-likeness (QED) is 0.655. The predicted octanol–water partition coefficient (Wildman–Crippen LogP) is 1.61. The molecule has 0 fully saturated rings. The van der Waals surface area contributed by atoms with Crippen LogP contribution in [-0.4, -0.2) is 44.3 Å². The van der Waals surface area contributed by atoms with E-state index in [4.69, 9.17) is 14.2 Å². The molecule has 1 heterocycles. The van der Waals surface area contributed by atoms with Gasteiger partial charge in [0.15, 0.2) is 18.1 Å². The summed E-state index contributed by atoms with van der Waals surface area (Å²) in [5.41, 5.74) is 1.44. The van der Waals surface area contributed by atoms with Gasteiger partial charge in [0.05, 0.1) is 0 Å². The van der Waals surface area contributed by atoms with Crippen molar-refractivity contribution in [2.24, 2.45) is 0 Å². The van der Waals surface area contributed by atoms with Gasteiger partial charge in [0, 0.05) is 12.1 Å². The highest BCUT2D eigenvalue weighted by Gasteiger charge is 2.17. The molecule has 8 heteroatoms. The largest absolute Gasteiger partial charge is 0.454 e. The molecule has 2 aromatic carbocycles. The van der Waals surface area contributed by atoms with Crippen LogP contribution in [-0.2, 0) is 14.3 Å². The highest BCUT2D eigenvalue weighted by molar-refractivity contribution is 5.96. The molecule has 1 aliphatic heterocycles. The van der Waals surface area contributed by atoms with E-state index in [-0.39, 0.29) is 19.3 Å². The van der Waals surface area contributed by atoms with Gasteiger partial charge in [-0.2, -0.15) is 0 Å². The van der Waals surface area contributed by atoms with Crippen LogP contribution < -0.4 is 20.1 Å². The van der Waals surface area contributed by atoms with Crippen molar-refractivity contribution in [3.05, 3.63) is 59.7 Å². The average molecular weight is 398 g/mol. The van der Waals surface area contributed by atoms with Gasteiger partial charge < -0.3 is 24.8 Å². The molecular formula is C21H22N2O6. The van der Waals surface area contributed by atoms with Crippen molar-refractivity contribution in [3.63, 3.8) is 0 Å². The second-order valence-corrected chi connectivity index (χ2v) is 6.53. The smallest absolute Gasteiger partial charge is 0.325 e. The van der Waals surface area contributed by atoms with Crippen LogP contribution in [0.25, 0.3) is 0 Å². The van der Waals surface area contributed by atoms with E-state index in [2.05, 4.69) is 10.6 Å². The maximum absolute atomic E-state index is 12.1. The van der Waals surface area contributed by atoms with E-state index in [1.165, 1.54) is 6.07 Å². The van der Waals surface area contributed by atoms with Gasteiger partial charge in [0.25, 0.3) is 11.8 Å². The standard InChI is InChI=1S/C21H22N2O6/c1-14(15-5-3-2-4-6-15)10-22-19(24)12-27-20(25)11-23-21(26)16-7-8-17-18(9-16)29-13-28-17/h2-9,14H,10-13H2,1H3,(H,22,24)(H,23,26)/t14-/m0/s1. The molecule has 152 valence electrons. The van der Waals surface area contributed by atoms with Gasteiger partial charge in [-0.1, -0.05) is 37.3 Å². The van der Waals surface area contributed by atoms with Crippen molar-refractivity contribution >= 4 is 17.8 Å². The molecule has 8 nitrogen and oxygen atoms in total. The average Bonchev–Trinajstić information content (AvgIpc) is 3.22. The molecule has 0 radical (unpaired) electrons. The van der Waals surface area contributed by atoms with Gasteiger partial charge in [-0.3, -0.25) is 14.4 Å². The molecule has 2 aromatic rings. The summed E-state index contributed by atoms with van der Waals surface area (Å²) >= 11 is 0. The number of hydrogen-bond donors (Lipinski definition) is 2. The number of carbonyl (C=O) groups excluding carboxylic acids is 3. The van der Waals surface area contributed by atoms with E-state index >= 15 is 0 Å². The zero-order valence-electron chi connectivity index (χ0n) is 16.0. The number of benzene rings is 2. The molecule has 2 N–H and O–H groups in total. The van der Waals surface area contributed by atoms with E-state index in [9.17, 15) is 14.4 Å². The second kappa shape index (κ2) is 9.59. The van der Waals surface area contributed by atoms with Crippen molar-refractivity contribution in [2.45, 2.75) is 12.8 Å². The van der Waals surface area contributed by atoms with E-state index in [1.807, 2.05) is 37.3 Å². The minimum Gasteiger partial charge on any atom is -0.454 e. The van der Waals surface area contributed by atoms with Crippen LogP contribution in [0, 0.1) is 0 Å². The normalized spacial score (nSPS) is 12.7. The Morgan fingerprint density at radius 1 is 1.03 bits per heavy atom. The Labute approximate surface area is 168 Å². The summed E-state index contributed by atoms with van der Waals surface area (Å²) in [7, 11) is 0. The minimum absolute atomic E-state index is 0.110. The topological polar surface area (TPSA) is 103 Å². The summed E-state index contributed by atoms with van der Waals surface area (Å²) < 4.78 is 15.3. The molecule has 0 spiro atoms. The number of esters is 1. The molecular weight excluding hydrogens is 376 g/mol. The molecule has 0 saturated heterocycles. The second-order valence-electron chi connectivity index (χ2n) is 6.53. The highest BCUT2D eigenvalue weighted by atomic mass is 16.7. The fourth-order valence-electron chi connectivity index (χ4n) is 2.71. The molecule has 0 bridgehead atoms. The zero-order valence-corrected chi connectivity index (χ0v) is 16.0. The summed E-state index contributed by atoms with van der Waals surface area (Å²) in [6.07, 6.45) is 0. The van der Waals surface area contributed by atoms with Crippen LogP contribution in [0.3, 0.4) is 0 Å². The molecule has 0 saturated carbocycles. The maximum Gasteiger partial charge on any atom is 0.325 e. The molecule has 1 atom stereocenters. The van der Waals surface area contributed by atoms with Crippen LogP contribution in [0.2, 0.25) is 0 Å². The first-order valence-corrected chi connectivity index (χ1v) is 9.18. The van der Waals surface area contributed by atoms with Crippen molar-refractivity contribution in [1.29, 1.82) is 0 Å². The fraction of sp³-hybridized carbons (Fsp3) is 0.286. The maximum atomic E-state index is 12.1. The van der Waals surface area contributed by atoms with Crippen LogP contribution >= 0.6 is 0 Å². The molecule has 1 aliphatic rings. The zero-order chi connectivity index (χ0) is 20.6. The van der Waals surface area contributed by atoms with E-state index < -0.39 is 24.4 Å². The lowest BCUT2D eigenvalue weighted by Crippen LogP contribution is -2.35. The van der Waals surface area contributed by atoms with E-state index in [0.29, 0.717) is 23.6 Å². The first-order valence-electron chi connectivity index (χ1n) is 9.18. The molecule has 0 unspecified atom stereocenters. The molecule has 2 amide bonds. The number of ether oxygens (including phenoxy) is 3. The van der Waals surface area contributed by atoms with Crippen LogP contribution in [0.4, 0.5) is 0 Å². The minimum atomic E-state index is -0.703.